The third kappa shape index (κ3) is 2.70. The summed E-state index contributed by atoms with van der Waals surface area (Å²) in [6.07, 6.45) is 8.23. The standard InChI is InChI=1S/C15H21N5O/c1-3-20-7-6-16-14(20)10-17-15(21)11-4-5-12-9-18-19(2)13(12)8-11/h6-7,9,11H,3-5,8,10H2,1-2H3,(H,17,21). The number of nitrogens with zero attached hydrogens (tertiary/aromatic N) is 4. The zero-order chi connectivity index (χ0) is 14.8. The fraction of sp³-hybridized carbons (Fsp3) is 0.533. The number of aromatic nitrogens is 4. The Hall–Kier alpha value is -2.11. The van der Waals surface area contributed by atoms with E-state index in [1.165, 1.54) is 11.3 Å². The largest absolute Gasteiger partial charge is 0.349 e. The Labute approximate surface area is 124 Å². The maximum atomic E-state index is 12.4. The molecule has 0 fully saturated rings. The Balaban J connectivity index is 1.61. The zero-order valence-corrected chi connectivity index (χ0v) is 12.5. The molecule has 1 aliphatic carbocycles. The zero-order valence-electron chi connectivity index (χ0n) is 12.5. The van der Waals surface area contributed by atoms with Gasteiger partial charge in [0, 0.05) is 44.0 Å². The first-order valence-corrected chi connectivity index (χ1v) is 7.46. The van der Waals surface area contributed by atoms with Crippen molar-refractivity contribution in [1.82, 2.24) is 24.6 Å². The second kappa shape index (κ2) is 5.71. The quantitative estimate of drug-likeness (QED) is 0.914. The molecule has 2 aromatic heterocycles. The molecule has 1 amide bonds. The molecule has 1 N–H and O–H groups in total. The van der Waals surface area contributed by atoms with Crippen LogP contribution < -0.4 is 5.32 Å². The van der Waals surface area contributed by atoms with Crippen LogP contribution in [-0.4, -0.2) is 25.2 Å². The van der Waals surface area contributed by atoms with Gasteiger partial charge >= 0.3 is 0 Å². The van der Waals surface area contributed by atoms with Crippen molar-refractivity contribution in [1.29, 1.82) is 0 Å². The molecule has 112 valence electrons. The topological polar surface area (TPSA) is 64.7 Å². The molecule has 0 aliphatic heterocycles. The molecule has 2 aromatic rings. The van der Waals surface area contributed by atoms with Gasteiger partial charge in [0.15, 0.2) is 0 Å². The monoisotopic (exact) mass is 287 g/mol. The van der Waals surface area contributed by atoms with Crippen LogP contribution in [0.4, 0.5) is 0 Å². The fourth-order valence-corrected chi connectivity index (χ4v) is 2.98. The van der Waals surface area contributed by atoms with Crippen molar-refractivity contribution in [2.45, 2.75) is 39.3 Å². The van der Waals surface area contributed by atoms with E-state index in [9.17, 15) is 4.79 Å². The van der Waals surface area contributed by atoms with Gasteiger partial charge < -0.3 is 9.88 Å². The van der Waals surface area contributed by atoms with Crippen LogP contribution in [0.15, 0.2) is 18.6 Å². The molecule has 0 saturated carbocycles. The number of hydrogen-bond donors (Lipinski definition) is 1. The minimum absolute atomic E-state index is 0.0398. The summed E-state index contributed by atoms with van der Waals surface area (Å²) >= 11 is 0. The Kier molecular flexibility index (Phi) is 3.77. The van der Waals surface area contributed by atoms with Gasteiger partial charge in [0.05, 0.1) is 12.7 Å². The first-order valence-electron chi connectivity index (χ1n) is 7.46. The summed E-state index contributed by atoms with van der Waals surface area (Å²) in [5, 5.41) is 7.29. The van der Waals surface area contributed by atoms with Crippen LogP contribution in [0.3, 0.4) is 0 Å². The maximum absolute atomic E-state index is 12.4. The lowest BCUT2D eigenvalue weighted by Crippen LogP contribution is -2.34. The number of imidazole rings is 1. The van der Waals surface area contributed by atoms with E-state index in [0.29, 0.717) is 6.54 Å². The van der Waals surface area contributed by atoms with Gasteiger partial charge in [-0.15, -0.1) is 0 Å². The van der Waals surface area contributed by atoms with Crippen LogP contribution in [0.2, 0.25) is 0 Å². The molecule has 1 unspecified atom stereocenters. The van der Waals surface area contributed by atoms with Crippen LogP contribution >= 0.6 is 0 Å². The van der Waals surface area contributed by atoms with Gasteiger partial charge in [-0.1, -0.05) is 0 Å². The van der Waals surface area contributed by atoms with Crippen LogP contribution in [0.5, 0.6) is 0 Å². The number of rotatable bonds is 4. The second-order valence-corrected chi connectivity index (χ2v) is 5.53. The van der Waals surface area contributed by atoms with Crippen molar-refractivity contribution in [3.05, 3.63) is 35.7 Å². The van der Waals surface area contributed by atoms with Crippen LogP contribution in [0.1, 0.15) is 30.4 Å². The number of carbonyl (C=O) groups is 1. The minimum atomic E-state index is 0.0398. The Bertz CT molecular complexity index is 642. The summed E-state index contributed by atoms with van der Waals surface area (Å²) < 4.78 is 3.93. The van der Waals surface area contributed by atoms with E-state index in [1.54, 1.807) is 6.20 Å². The highest BCUT2D eigenvalue weighted by Gasteiger charge is 2.26. The van der Waals surface area contributed by atoms with Gasteiger partial charge in [0.1, 0.15) is 5.82 Å². The molecular weight excluding hydrogens is 266 g/mol. The van der Waals surface area contributed by atoms with Crippen molar-refractivity contribution < 1.29 is 4.79 Å². The highest BCUT2D eigenvalue weighted by molar-refractivity contribution is 5.79. The van der Waals surface area contributed by atoms with Gasteiger partial charge in [-0.3, -0.25) is 9.48 Å². The highest BCUT2D eigenvalue weighted by Crippen LogP contribution is 2.25. The molecule has 2 heterocycles. The molecular formula is C15H21N5O. The van der Waals surface area contributed by atoms with Gasteiger partial charge in [0.2, 0.25) is 5.91 Å². The molecule has 0 radical (unpaired) electrons. The molecule has 3 rings (SSSR count). The lowest BCUT2D eigenvalue weighted by atomic mass is 9.87. The van der Waals surface area contributed by atoms with Gasteiger partial charge in [-0.2, -0.15) is 5.10 Å². The van der Waals surface area contributed by atoms with Crippen LogP contribution in [0.25, 0.3) is 0 Å². The van der Waals surface area contributed by atoms with E-state index >= 15 is 0 Å². The lowest BCUT2D eigenvalue weighted by molar-refractivity contribution is -0.125. The van der Waals surface area contributed by atoms with Gasteiger partial charge in [-0.05, 0) is 25.3 Å². The number of amides is 1. The normalized spacial score (nSPS) is 17.5. The van der Waals surface area contributed by atoms with Crippen LogP contribution in [0, 0.1) is 5.92 Å². The number of carbonyl (C=O) groups excluding carboxylic acids is 1. The SMILES string of the molecule is CCn1ccnc1CNC(=O)C1CCc2cnn(C)c2C1. The summed E-state index contributed by atoms with van der Waals surface area (Å²) in [7, 11) is 1.94. The average molecular weight is 287 g/mol. The summed E-state index contributed by atoms with van der Waals surface area (Å²) in [5.41, 5.74) is 2.47. The van der Waals surface area contributed by atoms with E-state index in [2.05, 4.69) is 22.3 Å². The molecule has 6 nitrogen and oxygen atoms in total. The molecule has 1 aliphatic rings. The summed E-state index contributed by atoms with van der Waals surface area (Å²) in [4.78, 5) is 16.6. The van der Waals surface area contributed by atoms with Crippen molar-refractivity contribution >= 4 is 5.91 Å². The minimum Gasteiger partial charge on any atom is -0.349 e. The van der Waals surface area contributed by atoms with E-state index in [-0.39, 0.29) is 11.8 Å². The number of nitrogens with one attached hydrogen (secondary N) is 1. The van der Waals surface area contributed by atoms with Crippen molar-refractivity contribution in [3.8, 4) is 0 Å². The summed E-state index contributed by atoms with van der Waals surface area (Å²) in [6, 6.07) is 0. The summed E-state index contributed by atoms with van der Waals surface area (Å²) in [5.74, 6) is 1.06. The van der Waals surface area contributed by atoms with E-state index in [1.807, 2.05) is 28.7 Å². The third-order valence-electron chi connectivity index (χ3n) is 4.28. The predicted molar refractivity (Wildman–Crippen MR) is 78.5 cm³/mol. The van der Waals surface area contributed by atoms with Crippen molar-refractivity contribution in [2.75, 3.05) is 0 Å². The average Bonchev–Trinajstić information content (AvgIpc) is 3.11. The Morgan fingerprint density at radius 2 is 2.38 bits per heavy atom. The number of aryl methyl sites for hydroxylation is 3. The Morgan fingerprint density at radius 3 is 3.19 bits per heavy atom. The molecule has 0 spiro atoms. The Morgan fingerprint density at radius 1 is 1.52 bits per heavy atom. The lowest BCUT2D eigenvalue weighted by Gasteiger charge is -2.22. The van der Waals surface area contributed by atoms with Crippen molar-refractivity contribution in [3.63, 3.8) is 0 Å². The molecule has 0 bridgehead atoms. The van der Waals surface area contributed by atoms with E-state index in [4.69, 9.17) is 0 Å². The first kappa shape index (κ1) is 13.9. The third-order valence-corrected chi connectivity index (χ3v) is 4.28. The molecule has 1 atom stereocenters. The van der Waals surface area contributed by atoms with Crippen LogP contribution in [-0.2, 0) is 37.8 Å². The molecule has 21 heavy (non-hydrogen) atoms. The molecule has 0 aromatic carbocycles. The fourth-order valence-electron chi connectivity index (χ4n) is 2.98. The van der Waals surface area contributed by atoms with E-state index < -0.39 is 0 Å². The second-order valence-electron chi connectivity index (χ2n) is 5.53. The van der Waals surface area contributed by atoms with Crippen molar-refractivity contribution in [2.24, 2.45) is 13.0 Å². The van der Waals surface area contributed by atoms with Gasteiger partial charge in [-0.25, -0.2) is 4.98 Å². The number of fused-ring (bicyclic) bond motifs is 1. The first-order chi connectivity index (χ1) is 10.2. The molecule has 0 saturated heterocycles. The smallest absolute Gasteiger partial charge is 0.223 e. The summed E-state index contributed by atoms with van der Waals surface area (Å²) in [6.45, 7) is 3.43. The highest BCUT2D eigenvalue weighted by atomic mass is 16.1. The number of hydrogen-bond acceptors (Lipinski definition) is 3. The van der Waals surface area contributed by atoms with Gasteiger partial charge in [0.25, 0.3) is 0 Å². The predicted octanol–water partition coefficient (Wildman–Crippen LogP) is 1.06. The molecule has 6 heteroatoms. The van der Waals surface area contributed by atoms with E-state index in [0.717, 1.165) is 31.6 Å². The maximum Gasteiger partial charge on any atom is 0.223 e.